The van der Waals surface area contributed by atoms with Gasteiger partial charge in [-0.25, -0.2) is 4.98 Å². The van der Waals surface area contributed by atoms with Crippen LogP contribution in [0.5, 0.6) is 0 Å². The number of aromatic nitrogens is 1. The molecule has 0 spiro atoms. The predicted octanol–water partition coefficient (Wildman–Crippen LogP) is 1.43. The largest absolute Gasteiger partial charge is 0.372 e. The van der Waals surface area contributed by atoms with E-state index in [1.807, 2.05) is 18.3 Å². The summed E-state index contributed by atoms with van der Waals surface area (Å²) in [6.07, 6.45) is 2.31. The van der Waals surface area contributed by atoms with E-state index in [-0.39, 0.29) is 0 Å². The Morgan fingerprint density at radius 2 is 2.46 bits per heavy atom. The first-order valence-electron chi connectivity index (χ1n) is 4.34. The third-order valence-corrected chi connectivity index (χ3v) is 3.16. The molecule has 68 valence electrons. The molecule has 2 fully saturated rings. The molecule has 0 aromatic carbocycles. The minimum absolute atomic E-state index is 0.477. The zero-order valence-corrected chi connectivity index (χ0v) is 8.57. The van der Waals surface area contributed by atoms with Crippen molar-refractivity contribution in [1.29, 1.82) is 0 Å². The molecule has 3 heterocycles. The van der Waals surface area contributed by atoms with Gasteiger partial charge in [-0.3, -0.25) is 0 Å². The number of pyridine rings is 1. The Morgan fingerprint density at radius 3 is 2.92 bits per heavy atom. The lowest BCUT2D eigenvalue weighted by Gasteiger charge is -2.55. The van der Waals surface area contributed by atoms with Crippen molar-refractivity contribution in [3.63, 3.8) is 0 Å². The Hall–Kier alpha value is -0.610. The number of morpholine rings is 1. The van der Waals surface area contributed by atoms with Crippen molar-refractivity contribution in [3.8, 4) is 0 Å². The van der Waals surface area contributed by atoms with Crippen LogP contribution in [0.2, 0.25) is 0 Å². The molecule has 2 saturated heterocycles. The van der Waals surface area contributed by atoms with Gasteiger partial charge >= 0.3 is 0 Å². The summed E-state index contributed by atoms with van der Waals surface area (Å²) in [5.74, 6) is 1.06. The van der Waals surface area contributed by atoms with Crippen molar-refractivity contribution in [1.82, 2.24) is 4.98 Å². The molecule has 0 N–H and O–H groups in total. The van der Waals surface area contributed by atoms with Crippen LogP contribution in [0.1, 0.15) is 0 Å². The second kappa shape index (κ2) is 2.69. The van der Waals surface area contributed by atoms with Crippen molar-refractivity contribution < 1.29 is 4.74 Å². The molecular formula is C9H9BrN2O. The van der Waals surface area contributed by atoms with Crippen molar-refractivity contribution in [2.75, 3.05) is 18.1 Å². The van der Waals surface area contributed by atoms with E-state index in [0.717, 1.165) is 23.4 Å². The number of rotatable bonds is 1. The Balaban J connectivity index is 1.81. The van der Waals surface area contributed by atoms with Crippen LogP contribution < -0.4 is 4.90 Å². The first-order chi connectivity index (χ1) is 6.34. The molecule has 2 atom stereocenters. The highest BCUT2D eigenvalue weighted by molar-refractivity contribution is 9.10. The molecule has 1 aromatic rings. The minimum Gasteiger partial charge on any atom is -0.372 e. The molecule has 0 radical (unpaired) electrons. The molecular weight excluding hydrogens is 232 g/mol. The summed E-state index contributed by atoms with van der Waals surface area (Å²) >= 11 is 3.37. The Labute approximate surface area is 84.8 Å². The fourth-order valence-electron chi connectivity index (χ4n) is 1.78. The van der Waals surface area contributed by atoms with Gasteiger partial charge in [0.05, 0.1) is 18.8 Å². The predicted molar refractivity (Wildman–Crippen MR) is 52.8 cm³/mol. The highest BCUT2D eigenvalue weighted by Crippen LogP contribution is 2.33. The number of hydrogen-bond donors (Lipinski definition) is 0. The summed E-state index contributed by atoms with van der Waals surface area (Å²) < 4.78 is 6.35. The van der Waals surface area contributed by atoms with Gasteiger partial charge in [0.25, 0.3) is 0 Å². The van der Waals surface area contributed by atoms with Crippen LogP contribution in [0, 0.1) is 0 Å². The Kier molecular flexibility index (Phi) is 1.60. The first-order valence-corrected chi connectivity index (χ1v) is 5.14. The van der Waals surface area contributed by atoms with Gasteiger partial charge in [0.1, 0.15) is 5.82 Å². The van der Waals surface area contributed by atoms with Gasteiger partial charge in [-0.1, -0.05) is 0 Å². The van der Waals surface area contributed by atoms with Crippen molar-refractivity contribution in [2.45, 2.75) is 12.1 Å². The van der Waals surface area contributed by atoms with Gasteiger partial charge < -0.3 is 9.64 Å². The maximum absolute atomic E-state index is 5.33. The maximum Gasteiger partial charge on any atom is 0.129 e. The van der Waals surface area contributed by atoms with E-state index in [9.17, 15) is 0 Å². The highest BCUT2D eigenvalue weighted by Gasteiger charge is 2.47. The smallest absolute Gasteiger partial charge is 0.129 e. The van der Waals surface area contributed by atoms with Crippen molar-refractivity contribution >= 4 is 21.7 Å². The minimum atomic E-state index is 0.477. The van der Waals surface area contributed by atoms with Crippen LogP contribution in [0.4, 0.5) is 5.82 Å². The first kappa shape index (κ1) is 7.76. The number of anilines is 1. The average molecular weight is 241 g/mol. The van der Waals surface area contributed by atoms with E-state index >= 15 is 0 Å². The fraction of sp³-hybridized carbons (Fsp3) is 0.444. The average Bonchev–Trinajstić information content (AvgIpc) is 2.12. The van der Waals surface area contributed by atoms with E-state index in [2.05, 4.69) is 25.8 Å². The van der Waals surface area contributed by atoms with Crippen LogP contribution in [0.3, 0.4) is 0 Å². The molecule has 3 rings (SSSR count). The monoisotopic (exact) mass is 240 g/mol. The molecule has 3 nitrogen and oxygen atoms in total. The summed E-state index contributed by atoms with van der Waals surface area (Å²) in [6.45, 7) is 1.86. The van der Waals surface area contributed by atoms with Crippen molar-refractivity contribution in [2.24, 2.45) is 0 Å². The Morgan fingerprint density at radius 1 is 1.54 bits per heavy atom. The summed E-state index contributed by atoms with van der Waals surface area (Å²) in [6, 6.07) is 4.65. The summed E-state index contributed by atoms with van der Waals surface area (Å²) in [7, 11) is 0. The van der Waals surface area contributed by atoms with Crippen LogP contribution in [0.25, 0.3) is 0 Å². The Bertz CT molecular complexity index is 327. The second-order valence-electron chi connectivity index (χ2n) is 3.43. The quantitative estimate of drug-likeness (QED) is 0.743. The van der Waals surface area contributed by atoms with Crippen molar-refractivity contribution in [3.05, 3.63) is 22.8 Å². The van der Waals surface area contributed by atoms with Crippen LogP contribution in [-0.4, -0.2) is 30.3 Å². The van der Waals surface area contributed by atoms with Crippen LogP contribution in [0.15, 0.2) is 22.8 Å². The highest BCUT2D eigenvalue weighted by atomic mass is 79.9. The zero-order chi connectivity index (χ0) is 8.84. The normalized spacial score (nSPS) is 30.4. The lowest BCUT2D eigenvalue weighted by atomic mass is 9.95. The van der Waals surface area contributed by atoms with Crippen LogP contribution >= 0.6 is 15.9 Å². The SMILES string of the molecule is Brc1ccc(N2CC3OC[C@@H]32)nc1. The van der Waals surface area contributed by atoms with Crippen LogP contribution in [-0.2, 0) is 4.74 Å². The molecule has 13 heavy (non-hydrogen) atoms. The molecule has 0 bridgehead atoms. The zero-order valence-electron chi connectivity index (χ0n) is 6.98. The molecule has 1 unspecified atom stereocenters. The number of ether oxygens (including phenoxy) is 1. The number of nitrogens with zero attached hydrogens (tertiary/aromatic N) is 2. The third kappa shape index (κ3) is 1.09. The van der Waals surface area contributed by atoms with Gasteiger partial charge in [-0.2, -0.15) is 0 Å². The van der Waals surface area contributed by atoms with E-state index in [1.165, 1.54) is 0 Å². The maximum atomic E-state index is 5.33. The van der Waals surface area contributed by atoms with E-state index in [4.69, 9.17) is 4.74 Å². The summed E-state index contributed by atoms with van der Waals surface area (Å²) in [4.78, 5) is 6.63. The van der Waals surface area contributed by atoms with Gasteiger partial charge in [-0.15, -0.1) is 0 Å². The molecule has 0 saturated carbocycles. The molecule has 0 aliphatic carbocycles. The number of hydrogen-bond acceptors (Lipinski definition) is 3. The fourth-order valence-corrected chi connectivity index (χ4v) is 2.01. The summed E-state index contributed by atoms with van der Waals surface area (Å²) in [5, 5.41) is 0. The topological polar surface area (TPSA) is 25.4 Å². The van der Waals surface area contributed by atoms with Gasteiger partial charge in [0.2, 0.25) is 0 Å². The van der Waals surface area contributed by atoms with E-state index < -0.39 is 0 Å². The number of fused-ring (bicyclic) bond motifs is 1. The second-order valence-corrected chi connectivity index (χ2v) is 4.34. The van der Waals surface area contributed by atoms with Gasteiger partial charge in [0.15, 0.2) is 0 Å². The molecule has 2 aliphatic heterocycles. The molecule has 4 heteroatoms. The lowest BCUT2D eigenvalue weighted by Crippen LogP contribution is -2.71. The molecule has 1 aromatic heterocycles. The number of halogens is 1. The molecule has 0 amide bonds. The van der Waals surface area contributed by atoms with E-state index in [0.29, 0.717) is 12.1 Å². The lowest BCUT2D eigenvalue weighted by molar-refractivity contribution is -0.113. The summed E-state index contributed by atoms with van der Waals surface area (Å²) in [5.41, 5.74) is 0. The van der Waals surface area contributed by atoms with Gasteiger partial charge in [-0.05, 0) is 28.1 Å². The standard InChI is InChI=1S/C9H9BrN2O/c10-6-1-2-9(11-3-6)12-4-8-7(12)5-13-8/h1-3,7-8H,4-5H2/t7-,8?/m0/s1. The molecule has 2 aliphatic rings. The van der Waals surface area contributed by atoms with E-state index in [1.54, 1.807) is 0 Å². The van der Waals surface area contributed by atoms with Gasteiger partial charge in [0, 0.05) is 17.2 Å². The third-order valence-electron chi connectivity index (χ3n) is 2.69.